The topological polar surface area (TPSA) is 46.4 Å². The van der Waals surface area contributed by atoms with Crippen molar-refractivity contribution in [3.05, 3.63) is 36.2 Å². The molecule has 1 fully saturated rings. The van der Waals surface area contributed by atoms with Gasteiger partial charge in [-0.25, -0.2) is 4.52 Å². The van der Waals surface area contributed by atoms with Crippen LogP contribution < -0.4 is 5.32 Å². The van der Waals surface area contributed by atoms with E-state index in [0.717, 1.165) is 17.3 Å². The van der Waals surface area contributed by atoms with Gasteiger partial charge < -0.3 is 5.32 Å². The van der Waals surface area contributed by atoms with Crippen LogP contribution in [0.2, 0.25) is 0 Å². The van der Waals surface area contributed by atoms with Crippen LogP contribution in [-0.4, -0.2) is 26.9 Å². The zero-order chi connectivity index (χ0) is 13.9. The van der Waals surface area contributed by atoms with Crippen molar-refractivity contribution in [3.8, 4) is 0 Å². The van der Waals surface area contributed by atoms with Gasteiger partial charge in [0.1, 0.15) is 0 Å². The molecule has 2 atom stereocenters. The third-order valence-corrected chi connectivity index (χ3v) is 4.93. The fraction of sp³-hybridized carbons (Fsp3) is 0.467. The number of hydrogen-bond donors (Lipinski definition) is 1. The van der Waals surface area contributed by atoms with Crippen LogP contribution >= 0.6 is 15.9 Å². The number of nitrogens with zero attached hydrogens (tertiary/aromatic N) is 2. The summed E-state index contributed by atoms with van der Waals surface area (Å²) < 4.78 is 1.73. The molecule has 1 aliphatic carbocycles. The van der Waals surface area contributed by atoms with Gasteiger partial charge in [-0.15, -0.1) is 0 Å². The molecule has 1 aliphatic rings. The molecular formula is C15H18BrN3O. The zero-order valence-corrected chi connectivity index (χ0v) is 12.8. The van der Waals surface area contributed by atoms with E-state index in [1.54, 1.807) is 10.7 Å². The molecule has 1 N–H and O–H groups in total. The third kappa shape index (κ3) is 2.59. The predicted molar refractivity (Wildman–Crippen MR) is 82.2 cm³/mol. The Kier molecular flexibility index (Phi) is 4.05. The Hall–Kier alpha value is -1.36. The summed E-state index contributed by atoms with van der Waals surface area (Å²) in [6, 6.07) is 6.03. The van der Waals surface area contributed by atoms with Crippen LogP contribution in [0, 0.1) is 5.92 Å². The summed E-state index contributed by atoms with van der Waals surface area (Å²) in [7, 11) is 0. The number of hydrogen-bond acceptors (Lipinski definition) is 2. The Morgan fingerprint density at radius 1 is 1.40 bits per heavy atom. The fourth-order valence-corrected chi connectivity index (χ4v) is 3.71. The van der Waals surface area contributed by atoms with Gasteiger partial charge in [0.25, 0.3) is 5.91 Å². The van der Waals surface area contributed by atoms with Gasteiger partial charge in [0, 0.05) is 17.6 Å². The van der Waals surface area contributed by atoms with Crippen LogP contribution in [0.15, 0.2) is 30.6 Å². The van der Waals surface area contributed by atoms with Crippen molar-refractivity contribution in [2.45, 2.75) is 31.7 Å². The van der Waals surface area contributed by atoms with Crippen molar-refractivity contribution in [1.82, 2.24) is 14.9 Å². The molecule has 20 heavy (non-hydrogen) atoms. The first-order valence-corrected chi connectivity index (χ1v) is 8.21. The maximum atomic E-state index is 12.5. The number of pyridine rings is 1. The number of carbonyl (C=O) groups is 1. The third-order valence-electron chi connectivity index (χ3n) is 4.09. The number of amides is 1. The van der Waals surface area contributed by atoms with Crippen LogP contribution in [0.3, 0.4) is 0 Å². The quantitative estimate of drug-likeness (QED) is 0.876. The molecule has 106 valence electrons. The normalized spacial score (nSPS) is 22.9. The summed E-state index contributed by atoms with van der Waals surface area (Å²) in [6.07, 6.45) is 8.22. The average molecular weight is 336 g/mol. The van der Waals surface area contributed by atoms with E-state index in [1.165, 1.54) is 19.3 Å². The first kappa shape index (κ1) is 13.6. The molecule has 2 heterocycles. The Morgan fingerprint density at radius 3 is 3.10 bits per heavy atom. The van der Waals surface area contributed by atoms with Crippen molar-refractivity contribution in [2.75, 3.05) is 5.33 Å². The van der Waals surface area contributed by atoms with Crippen molar-refractivity contribution in [2.24, 2.45) is 5.92 Å². The molecule has 0 spiro atoms. The number of alkyl halides is 1. The van der Waals surface area contributed by atoms with Crippen LogP contribution in [-0.2, 0) is 0 Å². The molecule has 0 saturated heterocycles. The lowest BCUT2D eigenvalue weighted by Crippen LogP contribution is -2.42. The largest absolute Gasteiger partial charge is 0.349 e. The van der Waals surface area contributed by atoms with E-state index in [4.69, 9.17) is 0 Å². The van der Waals surface area contributed by atoms with Gasteiger partial charge in [-0.1, -0.05) is 34.8 Å². The highest BCUT2D eigenvalue weighted by Gasteiger charge is 2.26. The lowest BCUT2D eigenvalue weighted by atomic mass is 9.86. The van der Waals surface area contributed by atoms with Gasteiger partial charge in [0.2, 0.25) is 0 Å². The summed E-state index contributed by atoms with van der Waals surface area (Å²) >= 11 is 3.56. The first-order valence-electron chi connectivity index (χ1n) is 7.09. The molecule has 2 aromatic heterocycles. The molecule has 0 bridgehead atoms. The van der Waals surface area contributed by atoms with Gasteiger partial charge in [-0.05, 0) is 30.9 Å². The van der Waals surface area contributed by atoms with Crippen molar-refractivity contribution >= 4 is 27.4 Å². The summed E-state index contributed by atoms with van der Waals surface area (Å²) in [5.41, 5.74) is 1.51. The Morgan fingerprint density at radius 2 is 2.25 bits per heavy atom. The van der Waals surface area contributed by atoms with Gasteiger partial charge in [0.05, 0.1) is 17.3 Å². The van der Waals surface area contributed by atoms with Gasteiger partial charge in [-0.2, -0.15) is 5.10 Å². The molecule has 4 nitrogen and oxygen atoms in total. The fourth-order valence-electron chi connectivity index (χ4n) is 2.94. The second-order valence-electron chi connectivity index (χ2n) is 5.37. The first-order chi connectivity index (χ1) is 9.79. The predicted octanol–water partition coefficient (Wildman–Crippen LogP) is 3.02. The number of aromatic nitrogens is 2. The second-order valence-corrected chi connectivity index (χ2v) is 6.01. The lowest BCUT2D eigenvalue weighted by molar-refractivity contribution is 0.0913. The maximum absolute atomic E-state index is 12.5. The Bertz CT molecular complexity index is 610. The van der Waals surface area contributed by atoms with E-state index in [2.05, 4.69) is 26.3 Å². The lowest BCUT2D eigenvalue weighted by Gasteiger charge is -2.30. The number of carbonyl (C=O) groups excluding carboxylic acids is 1. The highest BCUT2D eigenvalue weighted by molar-refractivity contribution is 9.09. The Balaban J connectivity index is 1.78. The van der Waals surface area contributed by atoms with Gasteiger partial charge >= 0.3 is 0 Å². The monoisotopic (exact) mass is 335 g/mol. The average Bonchev–Trinajstić information content (AvgIpc) is 2.92. The molecule has 2 aromatic rings. The van der Waals surface area contributed by atoms with Crippen molar-refractivity contribution < 1.29 is 4.79 Å². The van der Waals surface area contributed by atoms with Crippen molar-refractivity contribution in [3.63, 3.8) is 0 Å². The highest BCUT2D eigenvalue weighted by atomic mass is 79.9. The maximum Gasteiger partial charge on any atom is 0.255 e. The molecular weight excluding hydrogens is 318 g/mol. The highest BCUT2D eigenvalue weighted by Crippen LogP contribution is 2.26. The molecule has 1 saturated carbocycles. The number of nitrogens with one attached hydrogen (secondary N) is 1. The standard InChI is InChI=1S/C15H18BrN3O/c16-9-11-5-1-2-6-13(11)18-15(20)12-10-17-19-8-4-3-7-14(12)19/h3-4,7-8,10-11,13H,1-2,5-6,9H2,(H,18,20). The molecule has 0 aromatic carbocycles. The molecule has 0 aliphatic heterocycles. The number of fused-ring (bicyclic) bond motifs is 1. The summed E-state index contributed by atoms with van der Waals surface area (Å²) in [5, 5.41) is 8.36. The number of halogens is 1. The van der Waals surface area contributed by atoms with Crippen molar-refractivity contribution in [1.29, 1.82) is 0 Å². The molecule has 2 unspecified atom stereocenters. The van der Waals surface area contributed by atoms with Crippen LogP contribution in [0.25, 0.3) is 5.52 Å². The second kappa shape index (κ2) is 5.95. The molecule has 1 amide bonds. The minimum absolute atomic E-state index is 0.0101. The van der Waals surface area contributed by atoms with E-state index in [-0.39, 0.29) is 11.9 Å². The SMILES string of the molecule is O=C(NC1CCCCC1CBr)c1cnn2ccccc12. The summed E-state index contributed by atoms with van der Waals surface area (Å²) in [6.45, 7) is 0. The van der Waals surface area contributed by atoms with E-state index in [0.29, 0.717) is 11.5 Å². The number of rotatable bonds is 3. The minimum Gasteiger partial charge on any atom is -0.349 e. The van der Waals surface area contributed by atoms with E-state index >= 15 is 0 Å². The Labute approximate surface area is 126 Å². The zero-order valence-electron chi connectivity index (χ0n) is 11.3. The minimum atomic E-state index is -0.0101. The summed E-state index contributed by atoms with van der Waals surface area (Å²) in [4.78, 5) is 12.5. The van der Waals surface area contributed by atoms with E-state index in [9.17, 15) is 4.79 Å². The molecule has 5 heteroatoms. The smallest absolute Gasteiger partial charge is 0.255 e. The van der Waals surface area contributed by atoms with Gasteiger partial charge in [0.15, 0.2) is 0 Å². The van der Waals surface area contributed by atoms with Gasteiger partial charge in [-0.3, -0.25) is 4.79 Å². The van der Waals surface area contributed by atoms with E-state index < -0.39 is 0 Å². The van der Waals surface area contributed by atoms with Crippen LogP contribution in [0.5, 0.6) is 0 Å². The van der Waals surface area contributed by atoms with Crippen LogP contribution in [0.4, 0.5) is 0 Å². The van der Waals surface area contributed by atoms with E-state index in [1.807, 2.05) is 24.4 Å². The molecule has 3 rings (SSSR count). The van der Waals surface area contributed by atoms with Crippen LogP contribution in [0.1, 0.15) is 36.0 Å². The molecule has 0 radical (unpaired) electrons. The summed E-state index contributed by atoms with van der Waals surface area (Å²) in [5.74, 6) is 0.526.